The van der Waals surface area contributed by atoms with Crippen molar-refractivity contribution < 1.29 is 9.90 Å². The minimum Gasteiger partial charge on any atom is -0.480 e. The molecule has 0 amide bonds. The minimum absolute atomic E-state index is 0.148. The van der Waals surface area contributed by atoms with Crippen LogP contribution in [-0.4, -0.2) is 35.1 Å². The third kappa shape index (κ3) is 4.06. The lowest BCUT2D eigenvalue weighted by Gasteiger charge is -2.35. The largest absolute Gasteiger partial charge is 0.480 e. The van der Waals surface area contributed by atoms with E-state index in [1.54, 1.807) is 0 Å². The van der Waals surface area contributed by atoms with Crippen LogP contribution in [0, 0.1) is 5.92 Å². The second-order valence-corrected chi connectivity index (χ2v) is 6.94. The molecule has 1 unspecified atom stereocenters. The highest BCUT2D eigenvalue weighted by molar-refractivity contribution is 9.10. The number of carbonyl (C=O) groups is 1. The maximum Gasteiger partial charge on any atom is 0.317 e. The van der Waals surface area contributed by atoms with Crippen molar-refractivity contribution in [2.45, 2.75) is 39.2 Å². The highest BCUT2D eigenvalue weighted by Crippen LogP contribution is 2.27. The average Bonchev–Trinajstić information content (AvgIpc) is 2.36. The Labute approximate surface area is 129 Å². The Bertz CT molecular complexity index is 487. The molecule has 110 valence electrons. The number of rotatable bonds is 5. The summed E-state index contributed by atoms with van der Waals surface area (Å²) in [6.45, 7) is 5.28. The lowest BCUT2D eigenvalue weighted by Crippen LogP contribution is -2.44. The SMILES string of the molecule is CC(C)CN(CC(=O)O)C1CCc2cc(Br)ccc2C1. The van der Waals surface area contributed by atoms with Gasteiger partial charge in [-0.1, -0.05) is 35.8 Å². The first-order valence-electron chi connectivity index (χ1n) is 7.19. The fourth-order valence-electron chi connectivity index (χ4n) is 3.00. The number of halogens is 1. The summed E-state index contributed by atoms with van der Waals surface area (Å²) in [5, 5.41) is 9.11. The van der Waals surface area contributed by atoms with E-state index in [1.807, 2.05) is 0 Å². The van der Waals surface area contributed by atoms with E-state index in [0.29, 0.717) is 12.0 Å². The second kappa shape index (κ2) is 6.72. The van der Waals surface area contributed by atoms with Crippen LogP contribution < -0.4 is 0 Å². The van der Waals surface area contributed by atoms with Crippen LogP contribution in [0.3, 0.4) is 0 Å². The van der Waals surface area contributed by atoms with Crippen LogP contribution in [0.2, 0.25) is 0 Å². The van der Waals surface area contributed by atoms with Gasteiger partial charge in [-0.3, -0.25) is 9.69 Å². The van der Waals surface area contributed by atoms with Gasteiger partial charge in [0.15, 0.2) is 0 Å². The zero-order valence-electron chi connectivity index (χ0n) is 12.1. The number of nitrogens with zero attached hydrogens (tertiary/aromatic N) is 1. The number of hydrogen-bond donors (Lipinski definition) is 1. The van der Waals surface area contributed by atoms with Gasteiger partial charge in [0.2, 0.25) is 0 Å². The molecule has 1 aromatic rings. The third-order valence-electron chi connectivity index (χ3n) is 3.83. The van der Waals surface area contributed by atoms with Crippen LogP contribution in [0.25, 0.3) is 0 Å². The van der Waals surface area contributed by atoms with Gasteiger partial charge in [0.1, 0.15) is 0 Å². The van der Waals surface area contributed by atoms with Gasteiger partial charge in [0.05, 0.1) is 6.54 Å². The molecule has 4 heteroatoms. The van der Waals surface area contributed by atoms with Crippen LogP contribution >= 0.6 is 15.9 Å². The van der Waals surface area contributed by atoms with Crippen molar-refractivity contribution in [2.24, 2.45) is 5.92 Å². The first-order chi connectivity index (χ1) is 9.45. The average molecular weight is 340 g/mol. The van der Waals surface area contributed by atoms with E-state index in [4.69, 9.17) is 5.11 Å². The van der Waals surface area contributed by atoms with E-state index in [1.165, 1.54) is 11.1 Å². The fraction of sp³-hybridized carbons (Fsp3) is 0.562. The number of aliphatic carboxylic acids is 1. The zero-order valence-corrected chi connectivity index (χ0v) is 13.7. The molecule has 0 saturated carbocycles. The van der Waals surface area contributed by atoms with Gasteiger partial charge < -0.3 is 5.11 Å². The normalized spacial score (nSPS) is 18.4. The quantitative estimate of drug-likeness (QED) is 0.894. The van der Waals surface area contributed by atoms with Gasteiger partial charge in [-0.2, -0.15) is 0 Å². The summed E-state index contributed by atoms with van der Waals surface area (Å²) >= 11 is 3.51. The molecule has 0 fully saturated rings. The molecule has 1 aliphatic carbocycles. The number of carboxylic acid groups (broad SMARTS) is 1. The van der Waals surface area contributed by atoms with Crippen molar-refractivity contribution in [3.05, 3.63) is 33.8 Å². The maximum absolute atomic E-state index is 11.1. The van der Waals surface area contributed by atoms with Crippen molar-refractivity contribution in [1.29, 1.82) is 0 Å². The van der Waals surface area contributed by atoms with Crippen LogP contribution in [0.15, 0.2) is 22.7 Å². The second-order valence-electron chi connectivity index (χ2n) is 6.03. The van der Waals surface area contributed by atoms with E-state index < -0.39 is 5.97 Å². The molecule has 20 heavy (non-hydrogen) atoms. The molecule has 0 aliphatic heterocycles. The highest BCUT2D eigenvalue weighted by atomic mass is 79.9. The van der Waals surface area contributed by atoms with Crippen LogP contribution in [-0.2, 0) is 17.6 Å². The van der Waals surface area contributed by atoms with Crippen molar-refractivity contribution >= 4 is 21.9 Å². The molecule has 0 saturated heterocycles. The summed E-state index contributed by atoms with van der Waals surface area (Å²) in [4.78, 5) is 13.2. The predicted molar refractivity (Wildman–Crippen MR) is 84.0 cm³/mol. The molecule has 1 aromatic carbocycles. The summed E-state index contributed by atoms with van der Waals surface area (Å²) in [5.74, 6) is -0.243. The molecule has 0 heterocycles. The highest BCUT2D eigenvalue weighted by Gasteiger charge is 2.26. The zero-order chi connectivity index (χ0) is 14.7. The van der Waals surface area contributed by atoms with E-state index in [2.05, 4.69) is 52.9 Å². The molecular formula is C16H22BrNO2. The Hall–Kier alpha value is -0.870. The summed E-state index contributed by atoms with van der Waals surface area (Å²) in [6.07, 6.45) is 3.04. The summed E-state index contributed by atoms with van der Waals surface area (Å²) in [5.41, 5.74) is 2.76. The van der Waals surface area contributed by atoms with Crippen molar-refractivity contribution in [2.75, 3.05) is 13.1 Å². The van der Waals surface area contributed by atoms with E-state index in [-0.39, 0.29) is 6.54 Å². The van der Waals surface area contributed by atoms with Crippen molar-refractivity contribution in [3.63, 3.8) is 0 Å². The Balaban J connectivity index is 2.11. The lowest BCUT2D eigenvalue weighted by molar-refractivity contribution is -0.139. The number of fused-ring (bicyclic) bond motifs is 1. The van der Waals surface area contributed by atoms with Gasteiger partial charge in [-0.15, -0.1) is 0 Å². The Morgan fingerprint density at radius 2 is 2.20 bits per heavy atom. The van der Waals surface area contributed by atoms with E-state index >= 15 is 0 Å². The third-order valence-corrected chi connectivity index (χ3v) is 4.32. The number of aryl methyl sites for hydroxylation is 1. The van der Waals surface area contributed by atoms with E-state index in [9.17, 15) is 4.79 Å². The topological polar surface area (TPSA) is 40.5 Å². The summed E-state index contributed by atoms with van der Waals surface area (Å²) < 4.78 is 1.12. The fourth-order valence-corrected chi connectivity index (χ4v) is 3.41. The van der Waals surface area contributed by atoms with Crippen LogP contribution in [0.1, 0.15) is 31.4 Å². The van der Waals surface area contributed by atoms with Crippen LogP contribution in [0.4, 0.5) is 0 Å². The summed E-state index contributed by atoms with van der Waals surface area (Å²) in [7, 11) is 0. The predicted octanol–water partition coefficient (Wildman–Crippen LogP) is 3.35. The van der Waals surface area contributed by atoms with Gasteiger partial charge >= 0.3 is 5.97 Å². The molecule has 0 radical (unpaired) electrons. The van der Waals surface area contributed by atoms with Crippen LogP contribution in [0.5, 0.6) is 0 Å². The summed E-state index contributed by atoms with van der Waals surface area (Å²) in [6, 6.07) is 6.78. The number of carboxylic acids is 1. The molecule has 0 aromatic heterocycles. The smallest absolute Gasteiger partial charge is 0.317 e. The molecule has 0 bridgehead atoms. The van der Waals surface area contributed by atoms with E-state index in [0.717, 1.165) is 30.3 Å². The first kappa shape index (κ1) is 15.5. The molecule has 1 N–H and O–H groups in total. The van der Waals surface area contributed by atoms with Gasteiger partial charge in [-0.05, 0) is 48.4 Å². The Morgan fingerprint density at radius 3 is 2.85 bits per heavy atom. The minimum atomic E-state index is -0.729. The monoisotopic (exact) mass is 339 g/mol. The molecule has 1 atom stereocenters. The standard InChI is InChI=1S/C16H22BrNO2/c1-11(2)9-18(10-16(19)20)15-6-4-12-7-14(17)5-3-13(12)8-15/h3,5,7,11,15H,4,6,8-10H2,1-2H3,(H,19,20). The molecule has 0 spiro atoms. The van der Waals surface area contributed by atoms with Crippen molar-refractivity contribution in [3.8, 4) is 0 Å². The Morgan fingerprint density at radius 1 is 1.45 bits per heavy atom. The molecule has 2 rings (SSSR count). The lowest BCUT2D eigenvalue weighted by atomic mass is 9.87. The Kier molecular flexibility index (Phi) is 5.22. The maximum atomic E-state index is 11.1. The number of hydrogen-bond acceptors (Lipinski definition) is 2. The van der Waals surface area contributed by atoms with Gasteiger partial charge in [0, 0.05) is 17.1 Å². The molecule has 1 aliphatic rings. The first-order valence-corrected chi connectivity index (χ1v) is 7.98. The van der Waals surface area contributed by atoms with Crippen molar-refractivity contribution in [1.82, 2.24) is 4.90 Å². The number of benzene rings is 1. The molecule has 3 nitrogen and oxygen atoms in total. The van der Waals surface area contributed by atoms with Gasteiger partial charge in [0.25, 0.3) is 0 Å². The molecular weight excluding hydrogens is 318 g/mol. The van der Waals surface area contributed by atoms with Gasteiger partial charge in [-0.25, -0.2) is 0 Å².